The smallest absolute Gasteiger partial charge is 0.355 e. The second kappa shape index (κ2) is 9.90. The number of aromatic nitrogens is 5. The Morgan fingerprint density at radius 2 is 1.67 bits per heavy atom. The molecule has 0 atom stereocenters. The predicted octanol–water partition coefficient (Wildman–Crippen LogP) is 4.64. The molecule has 3 heterocycles. The lowest BCUT2D eigenvalue weighted by molar-refractivity contribution is -0.137. The van der Waals surface area contributed by atoms with Crippen LogP contribution in [0, 0.1) is 12.7 Å². The zero-order chi connectivity index (χ0) is 25.9. The second-order valence-corrected chi connectivity index (χ2v) is 7.44. The number of alkyl halides is 3. The van der Waals surface area contributed by atoms with E-state index in [0.29, 0.717) is 23.3 Å². The monoisotopic (exact) mass is 498 g/mol. The van der Waals surface area contributed by atoms with Gasteiger partial charge in [-0.25, -0.2) is 29.3 Å². The number of rotatable bonds is 6. The van der Waals surface area contributed by atoms with Gasteiger partial charge in [-0.2, -0.15) is 13.2 Å². The average Bonchev–Trinajstić information content (AvgIpc) is 2.84. The van der Waals surface area contributed by atoms with Gasteiger partial charge in [-0.15, -0.1) is 0 Å². The van der Waals surface area contributed by atoms with E-state index >= 15 is 0 Å². The molecular formula is C23H18F4N8O. The maximum atomic E-state index is 13.7. The number of hydrogen-bond acceptors (Lipinski definition) is 8. The quantitative estimate of drug-likeness (QED) is 0.329. The van der Waals surface area contributed by atoms with Crippen LogP contribution in [0.5, 0.6) is 0 Å². The maximum Gasteiger partial charge on any atom is 0.419 e. The zero-order valence-corrected chi connectivity index (χ0v) is 18.9. The van der Waals surface area contributed by atoms with E-state index in [-0.39, 0.29) is 22.9 Å². The van der Waals surface area contributed by atoms with E-state index < -0.39 is 29.2 Å². The van der Waals surface area contributed by atoms with Crippen molar-refractivity contribution in [1.82, 2.24) is 30.2 Å². The lowest BCUT2D eigenvalue weighted by Gasteiger charge is -2.17. The highest BCUT2D eigenvalue weighted by atomic mass is 19.4. The summed E-state index contributed by atoms with van der Waals surface area (Å²) in [6, 6.07) is 5.81. The number of amides is 1. The SMILES string of the molecule is CNC(=O)c1cc(F)ccc1Nc1cc(Nc2cc(-c3cncnc3)nc(C)n2)ncc1C(F)(F)F. The minimum absolute atomic E-state index is 0.0253. The van der Waals surface area contributed by atoms with Crippen LogP contribution in [0.1, 0.15) is 21.7 Å². The number of nitrogens with one attached hydrogen (secondary N) is 3. The molecule has 0 saturated heterocycles. The molecule has 0 aliphatic carbocycles. The number of carbonyl (C=O) groups is 1. The van der Waals surface area contributed by atoms with Gasteiger partial charge in [-0.05, 0) is 25.1 Å². The normalized spacial score (nSPS) is 11.2. The maximum absolute atomic E-state index is 13.7. The molecule has 13 heteroatoms. The minimum atomic E-state index is -4.76. The molecule has 3 aromatic heterocycles. The Morgan fingerprint density at radius 3 is 2.36 bits per heavy atom. The number of anilines is 4. The van der Waals surface area contributed by atoms with Crippen LogP contribution in [0.15, 0.2) is 55.2 Å². The number of halogens is 4. The summed E-state index contributed by atoms with van der Waals surface area (Å²) in [6.07, 6.45) is 0.377. The number of hydrogen-bond donors (Lipinski definition) is 3. The third-order valence-corrected chi connectivity index (χ3v) is 4.88. The van der Waals surface area contributed by atoms with Crippen molar-refractivity contribution in [3.63, 3.8) is 0 Å². The van der Waals surface area contributed by atoms with Crippen molar-refractivity contribution in [2.24, 2.45) is 0 Å². The summed E-state index contributed by atoms with van der Waals surface area (Å²) in [6.45, 7) is 1.65. The molecule has 1 amide bonds. The highest BCUT2D eigenvalue weighted by molar-refractivity contribution is 6.00. The van der Waals surface area contributed by atoms with Gasteiger partial charge in [0.1, 0.15) is 29.6 Å². The molecule has 3 N–H and O–H groups in total. The van der Waals surface area contributed by atoms with Crippen LogP contribution in [0.3, 0.4) is 0 Å². The molecule has 0 bridgehead atoms. The number of pyridine rings is 1. The Hall–Kier alpha value is -4.68. The van der Waals surface area contributed by atoms with Gasteiger partial charge in [-0.3, -0.25) is 4.79 Å². The van der Waals surface area contributed by atoms with Gasteiger partial charge in [0.25, 0.3) is 5.91 Å². The Balaban J connectivity index is 1.72. The highest BCUT2D eigenvalue weighted by Crippen LogP contribution is 2.37. The number of carbonyl (C=O) groups excluding carboxylic acids is 1. The van der Waals surface area contributed by atoms with Gasteiger partial charge in [0.15, 0.2) is 0 Å². The summed E-state index contributed by atoms with van der Waals surface area (Å²) >= 11 is 0. The summed E-state index contributed by atoms with van der Waals surface area (Å²) in [5, 5.41) is 7.79. The first kappa shape index (κ1) is 24.4. The predicted molar refractivity (Wildman–Crippen MR) is 123 cm³/mol. The van der Waals surface area contributed by atoms with Crippen molar-refractivity contribution in [3.05, 3.63) is 78.0 Å². The van der Waals surface area contributed by atoms with Crippen molar-refractivity contribution in [2.75, 3.05) is 17.7 Å². The molecule has 36 heavy (non-hydrogen) atoms. The fourth-order valence-corrected chi connectivity index (χ4v) is 3.29. The first-order chi connectivity index (χ1) is 17.1. The van der Waals surface area contributed by atoms with Gasteiger partial charge in [0.2, 0.25) is 0 Å². The third-order valence-electron chi connectivity index (χ3n) is 4.88. The Morgan fingerprint density at radius 1 is 0.917 bits per heavy atom. The first-order valence-electron chi connectivity index (χ1n) is 10.4. The van der Waals surface area contributed by atoms with Crippen LogP contribution in [0.2, 0.25) is 0 Å². The molecule has 0 spiro atoms. The molecule has 0 aliphatic rings. The highest BCUT2D eigenvalue weighted by Gasteiger charge is 2.34. The van der Waals surface area contributed by atoms with Crippen molar-refractivity contribution in [2.45, 2.75) is 13.1 Å². The summed E-state index contributed by atoms with van der Waals surface area (Å²) in [5.74, 6) is -0.696. The number of aryl methyl sites for hydroxylation is 1. The van der Waals surface area contributed by atoms with Crippen molar-refractivity contribution in [1.29, 1.82) is 0 Å². The molecule has 0 unspecified atom stereocenters. The van der Waals surface area contributed by atoms with Crippen LogP contribution in [0.4, 0.5) is 40.6 Å². The van der Waals surface area contributed by atoms with Crippen molar-refractivity contribution in [3.8, 4) is 11.3 Å². The van der Waals surface area contributed by atoms with Gasteiger partial charge in [0.05, 0.1) is 28.2 Å². The lowest BCUT2D eigenvalue weighted by Crippen LogP contribution is -2.20. The Labute approximate surface area is 202 Å². The van der Waals surface area contributed by atoms with Crippen LogP contribution in [-0.4, -0.2) is 37.9 Å². The molecular weight excluding hydrogens is 480 g/mol. The van der Waals surface area contributed by atoms with Crippen LogP contribution >= 0.6 is 0 Å². The van der Waals surface area contributed by atoms with E-state index in [9.17, 15) is 22.4 Å². The molecule has 0 aliphatic heterocycles. The Kier molecular flexibility index (Phi) is 6.72. The van der Waals surface area contributed by atoms with Gasteiger partial charge >= 0.3 is 6.18 Å². The Bertz CT molecular complexity index is 1410. The standard InChI is InChI=1S/C23H18F4N8O/c1-12-32-18(13-8-29-11-30-9-13)6-21(33-12)35-20-7-19(16(10-31-20)23(25,26)27)34-17-4-3-14(24)5-15(17)22(36)28-2/h3-11H,1-2H3,(H,28,36)(H2,31,32,33,34,35). The van der Waals surface area contributed by atoms with E-state index in [2.05, 4.69) is 40.9 Å². The fraction of sp³-hybridized carbons (Fsp3) is 0.130. The summed E-state index contributed by atoms with van der Waals surface area (Å²) in [5.41, 5.74) is -0.564. The van der Waals surface area contributed by atoms with Crippen molar-refractivity contribution >= 4 is 28.9 Å². The molecule has 9 nitrogen and oxygen atoms in total. The molecule has 4 aromatic rings. The minimum Gasteiger partial charge on any atom is -0.355 e. The van der Waals surface area contributed by atoms with E-state index in [0.717, 1.165) is 18.2 Å². The van der Waals surface area contributed by atoms with Crippen LogP contribution in [-0.2, 0) is 6.18 Å². The van der Waals surface area contributed by atoms with E-state index in [1.54, 1.807) is 25.4 Å². The fourth-order valence-electron chi connectivity index (χ4n) is 3.29. The molecule has 0 fully saturated rings. The second-order valence-electron chi connectivity index (χ2n) is 7.44. The third kappa shape index (κ3) is 5.51. The molecule has 0 radical (unpaired) electrons. The summed E-state index contributed by atoms with van der Waals surface area (Å²) in [7, 11) is 1.33. The average molecular weight is 498 g/mol. The zero-order valence-electron chi connectivity index (χ0n) is 18.9. The van der Waals surface area contributed by atoms with Gasteiger partial charge in [-0.1, -0.05) is 0 Å². The molecule has 1 aromatic carbocycles. The number of nitrogens with zero attached hydrogens (tertiary/aromatic N) is 5. The van der Waals surface area contributed by atoms with Crippen LogP contribution in [0.25, 0.3) is 11.3 Å². The van der Waals surface area contributed by atoms with Gasteiger partial charge < -0.3 is 16.0 Å². The first-order valence-corrected chi connectivity index (χ1v) is 10.4. The molecule has 184 valence electrons. The van der Waals surface area contributed by atoms with Crippen molar-refractivity contribution < 1.29 is 22.4 Å². The summed E-state index contributed by atoms with van der Waals surface area (Å²) in [4.78, 5) is 32.5. The van der Waals surface area contributed by atoms with Crippen LogP contribution < -0.4 is 16.0 Å². The summed E-state index contributed by atoms with van der Waals surface area (Å²) < 4.78 is 54.9. The topological polar surface area (TPSA) is 118 Å². The van der Waals surface area contributed by atoms with Gasteiger partial charge in [0, 0.05) is 43.3 Å². The van der Waals surface area contributed by atoms with E-state index in [1.165, 1.54) is 19.4 Å². The molecule has 0 saturated carbocycles. The largest absolute Gasteiger partial charge is 0.419 e. The molecule has 4 rings (SSSR count). The van der Waals surface area contributed by atoms with E-state index in [1.807, 2.05) is 0 Å². The number of benzene rings is 1. The van der Waals surface area contributed by atoms with E-state index in [4.69, 9.17) is 0 Å². The lowest BCUT2D eigenvalue weighted by atomic mass is 10.1.